The van der Waals surface area contributed by atoms with E-state index in [-0.39, 0.29) is 17.9 Å². The summed E-state index contributed by atoms with van der Waals surface area (Å²) in [6, 6.07) is 20.5. The van der Waals surface area contributed by atoms with Crippen molar-refractivity contribution < 1.29 is 28.3 Å². The lowest BCUT2D eigenvalue weighted by Crippen LogP contribution is -2.42. The van der Waals surface area contributed by atoms with Crippen LogP contribution in [0.25, 0.3) is 11.3 Å². The van der Waals surface area contributed by atoms with E-state index in [0.717, 1.165) is 42.0 Å². The normalized spacial score (nSPS) is 11.6. The van der Waals surface area contributed by atoms with E-state index in [1.807, 2.05) is 43.3 Å². The summed E-state index contributed by atoms with van der Waals surface area (Å²) in [6.45, 7) is 4.03. The van der Waals surface area contributed by atoms with Crippen molar-refractivity contribution in [2.24, 2.45) is 0 Å². The molecule has 40 heavy (non-hydrogen) atoms. The van der Waals surface area contributed by atoms with Gasteiger partial charge in [0.05, 0.1) is 5.69 Å². The van der Waals surface area contributed by atoms with Crippen molar-refractivity contribution in [3.63, 3.8) is 0 Å². The molecular formula is C32H31FN2O5. The minimum Gasteiger partial charge on any atom is -0.480 e. The zero-order valence-electron chi connectivity index (χ0n) is 22.4. The minimum atomic E-state index is -1.33. The molecule has 0 fully saturated rings. The van der Waals surface area contributed by atoms with E-state index >= 15 is 0 Å². The van der Waals surface area contributed by atoms with Crippen LogP contribution in [0.1, 0.15) is 57.4 Å². The molecule has 0 aliphatic rings. The lowest BCUT2D eigenvalue weighted by atomic mass is 10.0. The van der Waals surface area contributed by atoms with Crippen LogP contribution in [0.4, 0.5) is 10.1 Å². The van der Waals surface area contributed by atoms with E-state index in [9.17, 15) is 23.9 Å². The molecule has 2 amide bonds. The number of anilines is 1. The lowest BCUT2D eigenvalue weighted by Gasteiger charge is -2.15. The fourth-order valence-electron chi connectivity index (χ4n) is 4.30. The lowest BCUT2D eigenvalue weighted by molar-refractivity contribution is -0.139. The Bertz CT molecular complexity index is 1510. The number of hydrogen-bond donors (Lipinski definition) is 3. The first-order valence-electron chi connectivity index (χ1n) is 13.1. The average Bonchev–Trinajstić information content (AvgIpc) is 3.43. The van der Waals surface area contributed by atoms with E-state index in [0.29, 0.717) is 16.9 Å². The van der Waals surface area contributed by atoms with Crippen LogP contribution >= 0.6 is 0 Å². The first kappa shape index (κ1) is 28.3. The number of carbonyl (C=O) groups excluding carboxylic acids is 2. The summed E-state index contributed by atoms with van der Waals surface area (Å²) in [6.07, 6.45) is 2.91. The average molecular weight is 543 g/mol. The molecular weight excluding hydrogens is 511 g/mol. The van der Waals surface area contributed by atoms with Crippen LogP contribution in [0.15, 0.2) is 83.3 Å². The third kappa shape index (κ3) is 7.02. The van der Waals surface area contributed by atoms with Gasteiger partial charge in [0.15, 0.2) is 5.76 Å². The number of aryl methyl sites for hydroxylation is 2. The minimum absolute atomic E-state index is 0.0287. The third-order valence-electron chi connectivity index (χ3n) is 6.60. The molecule has 3 N–H and O–H groups in total. The number of unbranched alkanes of at least 4 members (excludes halogenated alkanes) is 1. The third-order valence-corrected chi connectivity index (χ3v) is 6.60. The number of rotatable bonds is 11. The van der Waals surface area contributed by atoms with Crippen molar-refractivity contribution in [1.82, 2.24) is 5.32 Å². The van der Waals surface area contributed by atoms with Gasteiger partial charge in [0, 0.05) is 17.5 Å². The van der Waals surface area contributed by atoms with Crippen LogP contribution in [-0.4, -0.2) is 28.9 Å². The zero-order valence-corrected chi connectivity index (χ0v) is 22.4. The Morgan fingerprint density at radius 2 is 1.65 bits per heavy atom. The van der Waals surface area contributed by atoms with Crippen molar-refractivity contribution in [1.29, 1.82) is 0 Å². The molecule has 0 spiro atoms. The Morgan fingerprint density at radius 1 is 0.925 bits per heavy atom. The second kappa shape index (κ2) is 12.9. The van der Waals surface area contributed by atoms with Crippen molar-refractivity contribution in [2.45, 2.75) is 45.6 Å². The zero-order chi connectivity index (χ0) is 28.6. The molecule has 4 rings (SSSR count). The number of hydrogen-bond acceptors (Lipinski definition) is 4. The highest BCUT2D eigenvalue weighted by Gasteiger charge is 2.24. The van der Waals surface area contributed by atoms with Crippen LogP contribution in [0.3, 0.4) is 0 Å². The number of nitrogens with one attached hydrogen (secondary N) is 2. The maximum atomic E-state index is 14.8. The topological polar surface area (TPSA) is 109 Å². The highest BCUT2D eigenvalue weighted by Crippen LogP contribution is 2.25. The van der Waals surface area contributed by atoms with E-state index in [2.05, 4.69) is 17.6 Å². The monoisotopic (exact) mass is 542 g/mol. The predicted molar refractivity (Wildman–Crippen MR) is 151 cm³/mol. The number of halogens is 1. The molecule has 8 heteroatoms. The summed E-state index contributed by atoms with van der Waals surface area (Å²) in [7, 11) is 0. The van der Waals surface area contributed by atoms with Gasteiger partial charge in [0.25, 0.3) is 11.8 Å². The number of amides is 2. The quantitative estimate of drug-likeness (QED) is 0.203. The standard InChI is InChI=1S/C32H31FN2O5/c1-3-4-8-21-10-13-23(14-11-21)30(36)34-26-15-12-22(18-25(26)33)19-27(32(38)39)35-31(37)29-17-16-28(40-29)24-9-6-5-7-20(24)2/h5-7,9-18,27H,3-4,8,19H2,1-2H3,(H,34,36)(H,35,37)(H,38,39). The number of furan rings is 1. The summed E-state index contributed by atoms with van der Waals surface area (Å²) < 4.78 is 20.5. The Morgan fingerprint density at radius 3 is 2.33 bits per heavy atom. The van der Waals surface area contributed by atoms with Gasteiger partial charge in [-0.15, -0.1) is 0 Å². The summed E-state index contributed by atoms with van der Waals surface area (Å²) in [5.74, 6) is -2.69. The molecule has 1 heterocycles. The molecule has 0 aliphatic heterocycles. The van der Waals surface area contributed by atoms with Gasteiger partial charge in [-0.1, -0.05) is 55.8 Å². The molecule has 0 radical (unpaired) electrons. The molecule has 0 saturated carbocycles. The van der Waals surface area contributed by atoms with E-state index < -0.39 is 29.6 Å². The van der Waals surface area contributed by atoms with Crippen LogP contribution in [0.2, 0.25) is 0 Å². The van der Waals surface area contributed by atoms with E-state index in [4.69, 9.17) is 4.42 Å². The second-order valence-corrected chi connectivity index (χ2v) is 9.62. The first-order chi connectivity index (χ1) is 19.2. The van der Waals surface area contributed by atoms with Crippen LogP contribution < -0.4 is 10.6 Å². The number of carboxylic acid groups (broad SMARTS) is 1. The molecule has 1 aromatic heterocycles. The van der Waals surface area contributed by atoms with Gasteiger partial charge in [0.2, 0.25) is 0 Å². The molecule has 1 unspecified atom stereocenters. The smallest absolute Gasteiger partial charge is 0.326 e. The maximum absolute atomic E-state index is 14.8. The summed E-state index contributed by atoms with van der Waals surface area (Å²) in [5.41, 5.74) is 3.63. The highest BCUT2D eigenvalue weighted by molar-refractivity contribution is 6.04. The Balaban J connectivity index is 1.39. The Kier molecular flexibility index (Phi) is 9.11. The molecule has 7 nitrogen and oxygen atoms in total. The fourth-order valence-corrected chi connectivity index (χ4v) is 4.30. The predicted octanol–water partition coefficient (Wildman–Crippen LogP) is 6.41. The molecule has 0 bridgehead atoms. The molecule has 1 atom stereocenters. The van der Waals surface area contributed by atoms with Crippen molar-refractivity contribution in [3.8, 4) is 11.3 Å². The maximum Gasteiger partial charge on any atom is 0.326 e. The first-order valence-corrected chi connectivity index (χ1v) is 13.1. The van der Waals surface area contributed by atoms with Crippen molar-refractivity contribution in [3.05, 3.63) is 113 Å². The summed E-state index contributed by atoms with van der Waals surface area (Å²) in [5, 5.41) is 14.7. The Hall–Kier alpha value is -4.72. The van der Waals surface area contributed by atoms with Gasteiger partial charge in [-0.05, 0) is 72.9 Å². The van der Waals surface area contributed by atoms with Gasteiger partial charge in [-0.25, -0.2) is 9.18 Å². The van der Waals surface area contributed by atoms with Crippen molar-refractivity contribution >= 4 is 23.5 Å². The molecule has 3 aromatic carbocycles. The van der Waals surface area contributed by atoms with Crippen LogP contribution in [0, 0.1) is 12.7 Å². The largest absolute Gasteiger partial charge is 0.480 e. The van der Waals surface area contributed by atoms with Crippen LogP contribution in [0.5, 0.6) is 0 Å². The molecule has 206 valence electrons. The van der Waals surface area contributed by atoms with Gasteiger partial charge in [0.1, 0.15) is 17.6 Å². The van der Waals surface area contributed by atoms with Gasteiger partial charge in [-0.2, -0.15) is 0 Å². The van der Waals surface area contributed by atoms with Gasteiger partial charge < -0.3 is 20.2 Å². The number of benzene rings is 3. The Labute approximate surface area is 232 Å². The van der Waals surface area contributed by atoms with Crippen LogP contribution in [-0.2, 0) is 17.6 Å². The summed E-state index contributed by atoms with van der Waals surface area (Å²) >= 11 is 0. The number of carboxylic acids is 1. The van der Waals surface area contributed by atoms with E-state index in [1.54, 1.807) is 18.2 Å². The number of carbonyl (C=O) groups is 3. The number of aliphatic carboxylic acids is 1. The van der Waals surface area contributed by atoms with E-state index in [1.165, 1.54) is 18.2 Å². The molecule has 0 saturated heterocycles. The fraction of sp³-hybridized carbons (Fsp3) is 0.219. The molecule has 4 aromatic rings. The molecule has 0 aliphatic carbocycles. The SMILES string of the molecule is CCCCc1ccc(C(=O)Nc2ccc(CC(NC(=O)c3ccc(-c4ccccc4C)o3)C(=O)O)cc2F)cc1. The highest BCUT2D eigenvalue weighted by atomic mass is 19.1. The van der Waals surface area contributed by atoms with Gasteiger partial charge in [-0.3, -0.25) is 9.59 Å². The van der Waals surface area contributed by atoms with Gasteiger partial charge >= 0.3 is 5.97 Å². The second-order valence-electron chi connectivity index (χ2n) is 9.62. The van der Waals surface area contributed by atoms with Crippen molar-refractivity contribution in [2.75, 3.05) is 5.32 Å². The summed E-state index contributed by atoms with van der Waals surface area (Å²) in [4.78, 5) is 37.2.